The number of methoxy groups -OCH3 is 1. The van der Waals surface area contributed by atoms with E-state index in [4.69, 9.17) is 9.47 Å². The van der Waals surface area contributed by atoms with E-state index in [9.17, 15) is 9.18 Å². The molecule has 0 N–H and O–H groups in total. The van der Waals surface area contributed by atoms with Crippen LogP contribution < -0.4 is 0 Å². The highest BCUT2D eigenvalue weighted by molar-refractivity contribution is 7.99. The van der Waals surface area contributed by atoms with Crippen molar-refractivity contribution in [2.75, 3.05) is 20.3 Å². The summed E-state index contributed by atoms with van der Waals surface area (Å²) in [5.74, 6) is -0.276. The number of halogens is 1. The Hall–Kier alpha value is -1.69. The van der Waals surface area contributed by atoms with Gasteiger partial charge in [-0.2, -0.15) is 0 Å². The quantitative estimate of drug-likeness (QED) is 0.750. The zero-order valence-electron chi connectivity index (χ0n) is 13.5. The Labute approximate surface area is 145 Å². The first-order chi connectivity index (χ1) is 11.6. The van der Waals surface area contributed by atoms with Crippen molar-refractivity contribution in [3.63, 3.8) is 0 Å². The first kappa shape index (κ1) is 17.1. The number of benzene rings is 2. The van der Waals surface area contributed by atoms with Crippen LogP contribution in [0.2, 0.25) is 0 Å². The van der Waals surface area contributed by atoms with Gasteiger partial charge in [-0.05, 0) is 35.9 Å². The van der Waals surface area contributed by atoms with E-state index in [-0.39, 0.29) is 5.82 Å². The third-order valence-corrected chi connectivity index (χ3v) is 5.32. The Morgan fingerprint density at radius 2 is 1.83 bits per heavy atom. The van der Waals surface area contributed by atoms with Crippen LogP contribution in [0.1, 0.15) is 28.8 Å². The molecule has 0 bridgehead atoms. The highest BCUT2D eigenvalue weighted by Gasteiger charge is 2.35. The minimum Gasteiger partial charge on any atom is -0.381 e. The molecule has 1 fully saturated rings. The van der Waals surface area contributed by atoms with E-state index in [1.54, 1.807) is 25.3 Å². The number of carbonyl (C=O) groups is 1. The fourth-order valence-electron chi connectivity index (χ4n) is 2.95. The maximum absolute atomic E-state index is 14.2. The van der Waals surface area contributed by atoms with Gasteiger partial charge in [0, 0.05) is 48.5 Å². The summed E-state index contributed by atoms with van der Waals surface area (Å²) in [7, 11) is 1.67. The molecule has 1 heterocycles. The molecule has 2 aromatic carbocycles. The van der Waals surface area contributed by atoms with Crippen molar-refractivity contribution in [2.24, 2.45) is 0 Å². The summed E-state index contributed by atoms with van der Waals surface area (Å²) in [6, 6.07) is 12.3. The van der Waals surface area contributed by atoms with Crippen LogP contribution in [0.25, 0.3) is 0 Å². The lowest BCUT2D eigenvalue weighted by Crippen LogP contribution is -2.35. The Bertz CT molecular complexity index is 709. The van der Waals surface area contributed by atoms with Gasteiger partial charge in [-0.1, -0.05) is 23.9 Å². The van der Waals surface area contributed by atoms with Gasteiger partial charge >= 0.3 is 0 Å². The Morgan fingerprint density at radius 3 is 2.46 bits per heavy atom. The molecular formula is C19H19FO3S. The molecule has 24 heavy (non-hydrogen) atoms. The summed E-state index contributed by atoms with van der Waals surface area (Å²) in [5.41, 5.74) is 0.983. The van der Waals surface area contributed by atoms with Gasteiger partial charge in [-0.25, -0.2) is 4.39 Å². The second-order valence-electron chi connectivity index (χ2n) is 5.78. The first-order valence-electron chi connectivity index (χ1n) is 7.82. The van der Waals surface area contributed by atoms with E-state index in [2.05, 4.69) is 0 Å². The zero-order valence-corrected chi connectivity index (χ0v) is 14.3. The molecule has 126 valence electrons. The first-order valence-corrected chi connectivity index (χ1v) is 8.64. The molecular weight excluding hydrogens is 327 g/mol. The standard InChI is InChI=1S/C19H19FO3S/c1-22-19(6-8-23-9-7-19)15-10-16(20)12-18(11-15)24-17-4-2-14(13-21)3-5-17/h2-5,10-13H,6-9H2,1H3. The monoisotopic (exact) mass is 346 g/mol. The number of hydrogen-bond donors (Lipinski definition) is 0. The molecule has 0 aromatic heterocycles. The van der Waals surface area contributed by atoms with E-state index < -0.39 is 5.60 Å². The van der Waals surface area contributed by atoms with Gasteiger partial charge in [-0.15, -0.1) is 0 Å². The van der Waals surface area contributed by atoms with Gasteiger partial charge < -0.3 is 9.47 Å². The fraction of sp³-hybridized carbons (Fsp3) is 0.316. The van der Waals surface area contributed by atoms with Gasteiger partial charge in [0.05, 0.1) is 5.60 Å². The average Bonchev–Trinajstić information content (AvgIpc) is 2.62. The van der Waals surface area contributed by atoms with Crippen molar-refractivity contribution < 1.29 is 18.7 Å². The highest BCUT2D eigenvalue weighted by Crippen LogP contribution is 2.38. The third kappa shape index (κ3) is 3.69. The number of aldehydes is 1. The Morgan fingerprint density at radius 1 is 1.12 bits per heavy atom. The molecule has 1 aliphatic rings. The van der Waals surface area contributed by atoms with Crippen LogP contribution in [0.3, 0.4) is 0 Å². The minimum absolute atomic E-state index is 0.276. The van der Waals surface area contributed by atoms with Gasteiger partial charge in [0.25, 0.3) is 0 Å². The molecule has 3 rings (SSSR count). The van der Waals surface area contributed by atoms with Crippen LogP contribution in [0, 0.1) is 5.82 Å². The fourth-order valence-corrected chi connectivity index (χ4v) is 3.85. The lowest BCUT2D eigenvalue weighted by Gasteiger charge is -2.36. The predicted molar refractivity (Wildman–Crippen MR) is 91.1 cm³/mol. The molecule has 1 aliphatic heterocycles. The topological polar surface area (TPSA) is 35.5 Å². The van der Waals surface area contributed by atoms with Crippen LogP contribution in [0.4, 0.5) is 4.39 Å². The molecule has 0 saturated carbocycles. The van der Waals surface area contributed by atoms with Crippen molar-refractivity contribution in [3.8, 4) is 0 Å². The van der Waals surface area contributed by atoms with Crippen LogP contribution in [0.15, 0.2) is 52.3 Å². The van der Waals surface area contributed by atoms with Crippen molar-refractivity contribution in [3.05, 3.63) is 59.4 Å². The smallest absolute Gasteiger partial charge is 0.150 e. The van der Waals surface area contributed by atoms with E-state index in [1.165, 1.54) is 17.8 Å². The number of ether oxygens (including phenoxy) is 2. The third-order valence-electron chi connectivity index (χ3n) is 4.34. The van der Waals surface area contributed by atoms with Gasteiger partial charge in [0.1, 0.15) is 12.1 Å². The molecule has 0 atom stereocenters. The number of carbonyl (C=O) groups excluding carboxylic acids is 1. The molecule has 0 aliphatic carbocycles. The lowest BCUT2D eigenvalue weighted by molar-refractivity contribution is -0.0950. The van der Waals surface area contributed by atoms with Crippen molar-refractivity contribution >= 4 is 18.0 Å². The predicted octanol–water partition coefficient (Wildman–Crippen LogP) is 4.44. The van der Waals surface area contributed by atoms with Crippen molar-refractivity contribution in [2.45, 2.75) is 28.2 Å². The minimum atomic E-state index is -0.489. The maximum atomic E-state index is 14.2. The summed E-state index contributed by atoms with van der Waals surface area (Å²) in [5, 5.41) is 0. The van der Waals surface area contributed by atoms with E-state index in [0.29, 0.717) is 31.6 Å². The second kappa shape index (κ2) is 7.47. The lowest BCUT2D eigenvalue weighted by atomic mass is 9.86. The summed E-state index contributed by atoms with van der Waals surface area (Å²) >= 11 is 1.47. The molecule has 0 unspecified atom stereocenters. The van der Waals surface area contributed by atoms with Crippen LogP contribution >= 0.6 is 11.8 Å². The molecule has 3 nitrogen and oxygen atoms in total. The van der Waals surface area contributed by atoms with Gasteiger partial charge in [-0.3, -0.25) is 4.79 Å². The molecule has 0 radical (unpaired) electrons. The Kier molecular flexibility index (Phi) is 5.33. The largest absolute Gasteiger partial charge is 0.381 e. The second-order valence-corrected chi connectivity index (χ2v) is 6.92. The zero-order chi connectivity index (χ0) is 17.0. The van der Waals surface area contributed by atoms with E-state index in [0.717, 1.165) is 21.6 Å². The molecule has 2 aromatic rings. The molecule has 0 spiro atoms. The van der Waals surface area contributed by atoms with Crippen LogP contribution in [0.5, 0.6) is 0 Å². The molecule has 5 heteroatoms. The average molecular weight is 346 g/mol. The van der Waals surface area contributed by atoms with E-state index in [1.807, 2.05) is 18.2 Å². The number of hydrogen-bond acceptors (Lipinski definition) is 4. The summed E-state index contributed by atoms with van der Waals surface area (Å²) in [6.45, 7) is 1.22. The highest BCUT2D eigenvalue weighted by atomic mass is 32.2. The molecule has 0 amide bonds. The molecule has 1 saturated heterocycles. The van der Waals surface area contributed by atoms with Gasteiger partial charge in [0.15, 0.2) is 0 Å². The van der Waals surface area contributed by atoms with Crippen molar-refractivity contribution in [1.29, 1.82) is 0 Å². The van der Waals surface area contributed by atoms with Crippen LogP contribution in [-0.4, -0.2) is 26.6 Å². The summed E-state index contributed by atoms with van der Waals surface area (Å²) < 4.78 is 25.3. The van der Waals surface area contributed by atoms with Crippen molar-refractivity contribution in [1.82, 2.24) is 0 Å². The normalized spacial score (nSPS) is 16.8. The Balaban J connectivity index is 1.89. The van der Waals surface area contributed by atoms with Crippen LogP contribution in [-0.2, 0) is 15.1 Å². The van der Waals surface area contributed by atoms with E-state index >= 15 is 0 Å². The SMILES string of the molecule is COC1(c2cc(F)cc(Sc3ccc(C=O)cc3)c2)CCOCC1. The van der Waals surface area contributed by atoms with Gasteiger partial charge in [0.2, 0.25) is 0 Å². The summed E-state index contributed by atoms with van der Waals surface area (Å²) in [4.78, 5) is 12.5. The summed E-state index contributed by atoms with van der Waals surface area (Å²) in [6.07, 6.45) is 2.23. The number of rotatable bonds is 5. The maximum Gasteiger partial charge on any atom is 0.150 e.